The van der Waals surface area contributed by atoms with E-state index in [9.17, 15) is 19.2 Å². The number of hydrogen-bond donors (Lipinski definition) is 1. The first-order chi connectivity index (χ1) is 20.2. The second-order valence-corrected chi connectivity index (χ2v) is 9.66. The lowest BCUT2D eigenvalue weighted by Crippen LogP contribution is -2.45. The highest BCUT2D eigenvalue weighted by molar-refractivity contribution is 6.03. The number of anilines is 1. The monoisotopic (exact) mass is 571 g/mol. The van der Waals surface area contributed by atoms with E-state index in [1.807, 2.05) is 0 Å². The van der Waals surface area contributed by atoms with Crippen LogP contribution in [0.25, 0.3) is 0 Å². The number of alkyl halides is 1. The van der Waals surface area contributed by atoms with Crippen LogP contribution in [0, 0.1) is 0 Å². The van der Waals surface area contributed by atoms with Crippen LogP contribution < -0.4 is 11.0 Å². The number of hydrogen-bond acceptors (Lipinski definition) is 8. The van der Waals surface area contributed by atoms with Gasteiger partial charge in [0.05, 0.1) is 11.1 Å². The molecule has 214 valence electrons. The van der Waals surface area contributed by atoms with Gasteiger partial charge >= 0.3 is 17.6 Å². The summed E-state index contributed by atoms with van der Waals surface area (Å²) in [6.07, 6.45) is -3.23. The summed E-state index contributed by atoms with van der Waals surface area (Å²) in [5, 5.41) is 2.52. The van der Waals surface area contributed by atoms with Crippen molar-refractivity contribution in [1.82, 2.24) is 9.55 Å². The lowest BCUT2D eigenvalue weighted by molar-refractivity contribution is -0.0648. The van der Waals surface area contributed by atoms with Crippen LogP contribution >= 0.6 is 0 Å². The van der Waals surface area contributed by atoms with Crippen molar-refractivity contribution < 1.29 is 33.0 Å². The van der Waals surface area contributed by atoms with E-state index in [-0.39, 0.29) is 16.9 Å². The molecule has 4 aromatic rings. The number of aromatic nitrogens is 2. The van der Waals surface area contributed by atoms with E-state index in [4.69, 9.17) is 14.2 Å². The first-order valence-electron chi connectivity index (χ1n) is 13.0. The number of ether oxygens (including phenoxy) is 3. The average Bonchev–Trinajstić information content (AvgIpc) is 3.25. The van der Waals surface area contributed by atoms with Crippen LogP contribution in [0.4, 0.5) is 10.2 Å². The van der Waals surface area contributed by atoms with Crippen LogP contribution in [0.15, 0.2) is 108 Å². The summed E-state index contributed by atoms with van der Waals surface area (Å²) >= 11 is 0. The second-order valence-electron chi connectivity index (χ2n) is 9.66. The maximum absolute atomic E-state index is 16.5. The highest BCUT2D eigenvalue weighted by Gasteiger charge is 2.58. The summed E-state index contributed by atoms with van der Waals surface area (Å²) in [5.41, 5.74) is -2.59. The highest BCUT2D eigenvalue weighted by atomic mass is 19.1. The molecule has 1 aliphatic heterocycles. The molecule has 0 radical (unpaired) electrons. The fourth-order valence-electron chi connectivity index (χ4n) is 4.54. The Bertz CT molecular complexity index is 1630. The number of carbonyl (C=O) groups is 3. The molecule has 0 saturated carbocycles. The standard InChI is InChI=1S/C31H26FN3O7/c1-31(32)25(42-28(38)22-15-9-4-10-16-22)23(19-40-27(37)21-13-7-3-8-14-21)41-29(31)35-18-17-24(34-30(35)39)33-26(36)20-11-5-2-6-12-20/h2-18,23,25,29H,19H2,1H3,(H,33,34,36,39)/t23-,25-,29-,31+/m1/s1. The number of nitrogens with zero attached hydrogens (tertiary/aromatic N) is 2. The van der Waals surface area contributed by atoms with Gasteiger partial charge in [-0.2, -0.15) is 4.98 Å². The maximum Gasteiger partial charge on any atom is 0.351 e. The van der Waals surface area contributed by atoms with Crippen LogP contribution in [0.3, 0.4) is 0 Å². The molecule has 1 fully saturated rings. The van der Waals surface area contributed by atoms with Gasteiger partial charge in [-0.1, -0.05) is 54.6 Å². The molecule has 2 heterocycles. The SMILES string of the molecule is C[C@]1(F)[C@H](OC(=O)c2ccccc2)[C@@H](COC(=O)c2ccccc2)O[C@H]1n1ccc(NC(=O)c2ccccc2)nc1=O. The Morgan fingerprint density at radius 3 is 2.00 bits per heavy atom. The van der Waals surface area contributed by atoms with E-state index in [0.29, 0.717) is 5.56 Å². The van der Waals surface area contributed by atoms with Crippen LogP contribution in [0.1, 0.15) is 44.2 Å². The number of amides is 1. The molecule has 4 atom stereocenters. The fourth-order valence-corrected chi connectivity index (χ4v) is 4.54. The van der Waals surface area contributed by atoms with Gasteiger partial charge in [-0.3, -0.25) is 9.36 Å². The topological polar surface area (TPSA) is 126 Å². The molecular weight excluding hydrogens is 545 g/mol. The summed E-state index contributed by atoms with van der Waals surface area (Å²) in [7, 11) is 0. The minimum Gasteiger partial charge on any atom is -0.459 e. The third kappa shape index (κ3) is 6.11. The average molecular weight is 572 g/mol. The normalized spacial score (nSPS) is 21.3. The van der Waals surface area contributed by atoms with Crippen molar-refractivity contribution in [3.8, 4) is 0 Å². The number of rotatable bonds is 8. The Balaban J connectivity index is 1.39. The summed E-state index contributed by atoms with van der Waals surface area (Å²) in [5.74, 6) is -2.05. The molecule has 1 saturated heterocycles. The second kappa shape index (κ2) is 12.1. The molecule has 42 heavy (non-hydrogen) atoms. The molecule has 5 rings (SSSR count). The third-order valence-corrected chi connectivity index (χ3v) is 6.67. The van der Waals surface area contributed by atoms with E-state index in [2.05, 4.69) is 10.3 Å². The van der Waals surface area contributed by atoms with E-state index in [0.717, 1.165) is 11.5 Å². The summed E-state index contributed by atoms with van der Waals surface area (Å²) in [6.45, 7) is 0.654. The fraction of sp³-hybridized carbons (Fsp3) is 0.194. The van der Waals surface area contributed by atoms with Gasteiger partial charge in [0.1, 0.15) is 18.5 Å². The molecule has 1 aliphatic rings. The van der Waals surface area contributed by atoms with Gasteiger partial charge in [0.15, 0.2) is 18.0 Å². The molecule has 11 heteroatoms. The number of esters is 2. The third-order valence-electron chi connectivity index (χ3n) is 6.67. The van der Waals surface area contributed by atoms with Gasteiger partial charge in [-0.25, -0.2) is 18.8 Å². The van der Waals surface area contributed by atoms with Crippen molar-refractivity contribution in [2.75, 3.05) is 11.9 Å². The van der Waals surface area contributed by atoms with Crippen LogP contribution in [-0.2, 0) is 14.2 Å². The quantitative estimate of drug-likeness (QED) is 0.312. The minimum absolute atomic E-state index is 0.0518. The van der Waals surface area contributed by atoms with Gasteiger partial charge in [0.2, 0.25) is 0 Å². The summed E-state index contributed by atoms with van der Waals surface area (Å²) in [6, 6.07) is 25.8. The first kappa shape index (κ1) is 28.4. The predicted molar refractivity (Wildman–Crippen MR) is 149 cm³/mol. The summed E-state index contributed by atoms with van der Waals surface area (Å²) in [4.78, 5) is 54.8. The van der Waals surface area contributed by atoms with E-state index < -0.39 is 54.2 Å². The molecule has 1 aromatic heterocycles. The Morgan fingerprint density at radius 1 is 0.881 bits per heavy atom. The zero-order valence-corrected chi connectivity index (χ0v) is 22.4. The predicted octanol–water partition coefficient (Wildman–Crippen LogP) is 4.20. The van der Waals surface area contributed by atoms with Crippen molar-refractivity contribution in [2.45, 2.75) is 31.0 Å². The van der Waals surface area contributed by atoms with E-state index in [1.54, 1.807) is 78.9 Å². The van der Waals surface area contributed by atoms with Crippen molar-refractivity contribution >= 4 is 23.7 Å². The molecule has 1 amide bonds. The van der Waals surface area contributed by atoms with Crippen molar-refractivity contribution in [1.29, 1.82) is 0 Å². The smallest absolute Gasteiger partial charge is 0.351 e. The lowest BCUT2D eigenvalue weighted by atomic mass is 9.98. The highest BCUT2D eigenvalue weighted by Crippen LogP contribution is 2.43. The van der Waals surface area contributed by atoms with Gasteiger partial charge < -0.3 is 19.5 Å². The Kier molecular flexibility index (Phi) is 8.21. The van der Waals surface area contributed by atoms with Gasteiger partial charge in [-0.05, 0) is 49.4 Å². The Morgan fingerprint density at radius 2 is 1.43 bits per heavy atom. The lowest BCUT2D eigenvalue weighted by Gasteiger charge is -2.27. The zero-order valence-electron chi connectivity index (χ0n) is 22.4. The molecule has 0 bridgehead atoms. The minimum atomic E-state index is -2.46. The van der Waals surface area contributed by atoms with Gasteiger partial charge in [0, 0.05) is 11.8 Å². The van der Waals surface area contributed by atoms with Gasteiger partial charge in [0.25, 0.3) is 5.91 Å². The number of nitrogens with one attached hydrogen (secondary N) is 1. The number of carbonyl (C=O) groups excluding carboxylic acids is 3. The van der Waals surface area contributed by atoms with Crippen LogP contribution in [0.5, 0.6) is 0 Å². The summed E-state index contributed by atoms with van der Waals surface area (Å²) < 4.78 is 34.2. The molecule has 3 aromatic carbocycles. The maximum atomic E-state index is 16.5. The first-order valence-corrected chi connectivity index (χ1v) is 13.0. The van der Waals surface area contributed by atoms with Crippen molar-refractivity contribution in [3.05, 3.63) is 130 Å². The molecular formula is C31H26FN3O7. The van der Waals surface area contributed by atoms with Crippen LogP contribution in [-0.4, -0.2) is 51.9 Å². The molecule has 1 N–H and O–H groups in total. The molecule has 0 unspecified atom stereocenters. The zero-order chi connectivity index (χ0) is 29.7. The van der Waals surface area contributed by atoms with Crippen molar-refractivity contribution in [3.63, 3.8) is 0 Å². The molecule has 0 spiro atoms. The Labute approximate surface area is 239 Å². The van der Waals surface area contributed by atoms with Crippen LogP contribution in [0.2, 0.25) is 0 Å². The van der Waals surface area contributed by atoms with Crippen molar-refractivity contribution in [2.24, 2.45) is 0 Å². The molecule has 0 aliphatic carbocycles. The molecule has 10 nitrogen and oxygen atoms in total. The Hall–Kier alpha value is -5.16. The van der Waals surface area contributed by atoms with E-state index >= 15 is 4.39 Å². The number of benzene rings is 3. The largest absolute Gasteiger partial charge is 0.459 e. The van der Waals surface area contributed by atoms with Gasteiger partial charge in [-0.15, -0.1) is 0 Å². The number of halogens is 1. The van der Waals surface area contributed by atoms with E-state index in [1.165, 1.54) is 24.4 Å².